The number of benzene rings is 1. The number of amides is 3. The summed E-state index contributed by atoms with van der Waals surface area (Å²) in [5.41, 5.74) is 17.1. The third-order valence-corrected chi connectivity index (χ3v) is 6.46. The summed E-state index contributed by atoms with van der Waals surface area (Å²) in [6.07, 6.45) is 1.60. The molecular formula is C25H39N7O8S. The Morgan fingerprint density at radius 1 is 0.878 bits per heavy atom. The number of carbonyl (C=O) groups excluding carboxylic acids is 3. The summed E-state index contributed by atoms with van der Waals surface area (Å²) in [5.74, 6) is -4.54. The van der Waals surface area contributed by atoms with Gasteiger partial charge in [0.05, 0.1) is 6.04 Å². The summed E-state index contributed by atoms with van der Waals surface area (Å²) in [7, 11) is 0. The molecule has 0 bridgehead atoms. The van der Waals surface area contributed by atoms with Crippen LogP contribution in [0.25, 0.3) is 0 Å². The van der Waals surface area contributed by atoms with E-state index in [1.54, 1.807) is 6.26 Å². The zero-order valence-corrected chi connectivity index (χ0v) is 23.6. The van der Waals surface area contributed by atoms with E-state index in [0.717, 1.165) is 0 Å². The molecule has 0 heterocycles. The maximum Gasteiger partial charge on any atom is 0.326 e. The monoisotopic (exact) mass is 597 g/mol. The number of rotatable bonds is 19. The SMILES string of the molecule is CSCCC(NC(=O)C(CCC(=O)O)NC(=O)C(Cc1ccc(O)cc1)NC(=O)C(N)CCCN=C(N)N)C(=O)O. The predicted molar refractivity (Wildman–Crippen MR) is 153 cm³/mol. The summed E-state index contributed by atoms with van der Waals surface area (Å²) >= 11 is 1.38. The molecule has 0 spiro atoms. The minimum absolute atomic E-state index is 0.0125. The first kappa shape index (κ1) is 35.0. The number of hydrogen-bond acceptors (Lipinski definition) is 9. The van der Waals surface area contributed by atoms with Gasteiger partial charge >= 0.3 is 11.9 Å². The highest BCUT2D eigenvalue weighted by Gasteiger charge is 2.30. The average molecular weight is 598 g/mol. The fourth-order valence-electron chi connectivity index (χ4n) is 3.58. The van der Waals surface area contributed by atoms with Crippen LogP contribution >= 0.6 is 11.8 Å². The molecule has 0 fully saturated rings. The van der Waals surface area contributed by atoms with Crippen LogP contribution in [0.1, 0.15) is 37.7 Å². The second-order valence-electron chi connectivity index (χ2n) is 9.16. The summed E-state index contributed by atoms with van der Waals surface area (Å²) in [4.78, 5) is 65.7. The Balaban J connectivity index is 3.11. The first-order valence-corrected chi connectivity index (χ1v) is 14.2. The van der Waals surface area contributed by atoms with Gasteiger partial charge < -0.3 is 48.5 Å². The molecule has 3 amide bonds. The van der Waals surface area contributed by atoms with Crippen LogP contribution in [-0.4, -0.2) is 93.7 Å². The van der Waals surface area contributed by atoms with E-state index in [2.05, 4.69) is 20.9 Å². The average Bonchev–Trinajstić information content (AvgIpc) is 2.91. The van der Waals surface area contributed by atoms with Gasteiger partial charge in [0.25, 0.3) is 0 Å². The van der Waals surface area contributed by atoms with E-state index in [0.29, 0.717) is 17.7 Å². The molecule has 12 N–H and O–H groups in total. The Morgan fingerprint density at radius 3 is 2.02 bits per heavy atom. The number of thioether (sulfide) groups is 1. The zero-order chi connectivity index (χ0) is 30.9. The van der Waals surface area contributed by atoms with E-state index in [1.807, 2.05) is 0 Å². The molecule has 4 unspecified atom stereocenters. The van der Waals surface area contributed by atoms with Crippen LogP contribution in [0.5, 0.6) is 5.75 Å². The van der Waals surface area contributed by atoms with Gasteiger partial charge in [-0.05, 0) is 55.4 Å². The van der Waals surface area contributed by atoms with Gasteiger partial charge in [-0.2, -0.15) is 11.8 Å². The number of hydrogen-bond donors (Lipinski definition) is 9. The minimum Gasteiger partial charge on any atom is -0.508 e. The molecule has 1 aromatic carbocycles. The molecule has 4 atom stereocenters. The maximum absolute atomic E-state index is 13.4. The highest BCUT2D eigenvalue weighted by molar-refractivity contribution is 7.98. The molecule has 0 saturated heterocycles. The number of nitrogens with two attached hydrogens (primary N) is 3. The van der Waals surface area contributed by atoms with Crippen LogP contribution in [0.4, 0.5) is 0 Å². The van der Waals surface area contributed by atoms with Crippen LogP contribution in [-0.2, 0) is 30.4 Å². The van der Waals surface area contributed by atoms with Crippen molar-refractivity contribution >= 4 is 47.4 Å². The quantitative estimate of drug-likeness (QED) is 0.0499. The standard InChI is InChI=1S/C25H39N7O8S/c1-41-12-10-18(24(39)40)31-22(37)17(8-9-20(34)35)30-23(38)19(13-14-4-6-15(33)7-5-14)32-21(36)16(26)3-2-11-29-25(27)28/h4-7,16-19,33H,2-3,8-13,26H2,1H3,(H,30,38)(H,31,37)(H,32,36)(H,34,35)(H,39,40)(H4,27,28,29). The molecule has 41 heavy (non-hydrogen) atoms. The lowest BCUT2D eigenvalue weighted by atomic mass is 10.0. The maximum atomic E-state index is 13.4. The van der Waals surface area contributed by atoms with Crippen LogP contribution in [0.2, 0.25) is 0 Å². The van der Waals surface area contributed by atoms with Crippen LogP contribution < -0.4 is 33.2 Å². The first-order valence-electron chi connectivity index (χ1n) is 12.8. The Kier molecular flexibility index (Phi) is 15.6. The second-order valence-corrected chi connectivity index (χ2v) is 10.1. The van der Waals surface area contributed by atoms with Crippen LogP contribution in [0, 0.1) is 0 Å². The van der Waals surface area contributed by atoms with Crippen molar-refractivity contribution in [3.05, 3.63) is 29.8 Å². The van der Waals surface area contributed by atoms with E-state index in [1.165, 1.54) is 36.0 Å². The van der Waals surface area contributed by atoms with E-state index in [-0.39, 0.29) is 43.9 Å². The lowest BCUT2D eigenvalue weighted by Gasteiger charge is -2.25. The molecule has 15 nitrogen and oxygen atoms in total. The fourth-order valence-corrected chi connectivity index (χ4v) is 4.05. The molecule has 0 saturated carbocycles. The molecule has 0 aliphatic carbocycles. The smallest absolute Gasteiger partial charge is 0.326 e. The van der Waals surface area contributed by atoms with Gasteiger partial charge in [0.1, 0.15) is 23.9 Å². The lowest BCUT2D eigenvalue weighted by molar-refractivity contribution is -0.143. The first-order chi connectivity index (χ1) is 19.3. The van der Waals surface area contributed by atoms with Crippen molar-refractivity contribution < 1.29 is 39.3 Å². The number of guanidine groups is 1. The summed E-state index contributed by atoms with van der Waals surface area (Å²) in [6.45, 7) is 0.245. The molecule has 0 aliphatic heterocycles. The van der Waals surface area contributed by atoms with Crippen molar-refractivity contribution in [3.8, 4) is 5.75 Å². The van der Waals surface area contributed by atoms with Gasteiger partial charge in [0.15, 0.2) is 5.96 Å². The van der Waals surface area contributed by atoms with Crippen molar-refractivity contribution in [2.24, 2.45) is 22.2 Å². The van der Waals surface area contributed by atoms with Crippen molar-refractivity contribution in [1.82, 2.24) is 16.0 Å². The number of nitrogens with one attached hydrogen (secondary N) is 3. The minimum atomic E-state index is -1.40. The third kappa shape index (κ3) is 14.2. The van der Waals surface area contributed by atoms with E-state index < -0.39 is 60.2 Å². The summed E-state index contributed by atoms with van der Waals surface area (Å²) < 4.78 is 0. The molecule has 1 aromatic rings. The third-order valence-electron chi connectivity index (χ3n) is 5.82. The molecule has 0 aromatic heterocycles. The molecule has 0 radical (unpaired) electrons. The number of nitrogens with zero attached hydrogens (tertiary/aromatic N) is 1. The molecule has 16 heteroatoms. The zero-order valence-electron chi connectivity index (χ0n) is 22.7. The van der Waals surface area contributed by atoms with Crippen molar-refractivity contribution in [2.75, 3.05) is 18.6 Å². The number of phenols is 1. The number of carboxylic acids is 2. The molecule has 228 valence electrons. The fraction of sp³-hybridized carbons (Fsp3) is 0.520. The molecule has 0 aliphatic rings. The normalized spacial score (nSPS) is 13.6. The van der Waals surface area contributed by atoms with Crippen molar-refractivity contribution in [3.63, 3.8) is 0 Å². The van der Waals surface area contributed by atoms with Gasteiger partial charge in [-0.25, -0.2) is 4.79 Å². The van der Waals surface area contributed by atoms with Crippen LogP contribution in [0.15, 0.2) is 29.3 Å². The van der Waals surface area contributed by atoms with Crippen LogP contribution in [0.3, 0.4) is 0 Å². The number of aliphatic imine (C=N–C) groups is 1. The predicted octanol–water partition coefficient (Wildman–Crippen LogP) is -1.53. The van der Waals surface area contributed by atoms with Gasteiger partial charge in [0.2, 0.25) is 17.7 Å². The van der Waals surface area contributed by atoms with Gasteiger partial charge in [-0.3, -0.25) is 24.2 Å². The van der Waals surface area contributed by atoms with E-state index in [9.17, 15) is 34.2 Å². The topological polar surface area (TPSA) is 273 Å². The van der Waals surface area contributed by atoms with E-state index in [4.69, 9.17) is 22.3 Å². The number of carbonyl (C=O) groups is 5. The second kappa shape index (κ2) is 18.3. The number of aromatic hydroxyl groups is 1. The van der Waals surface area contributed by atoms with Gasteiger partial charge in [-0.1, -0.05) is 12.1 Å². The highest BCUT2D eigenvalue weighted by atomic mass is 32.2. The number of aliphatic carboxylic acids is 2. The Bertz CT molecular complexity index is 1070. The summed E-state index contributed by atoms with van der Waals surface area (Å²) in [6, 6.07) is 0.951. The number of phenolic OH excluding ortho intramolecular Hbond substituents is 1. The Labute approximate surface area is 241 Å². The van der Waals surface area contributed by atoms with Gasteiger partial charge in [-0.15, -0.1) is 0 Å². The van der Waals surface area contributed by atoms with Gasteiger partial charge in [0, 0.05) is 19.4 Å². The largest absolute Gasteiger partial charge is 0.508 e. The molecular weight excluding hydrogens is 558 g/mol. The highest BCUT2D eigenvalue weighted by Crippen LogP contribution is 2.12. The van der Waals surface area contributed by atoms with E-state index >= 15 is 0 Å². The Hall–Kier alpha value is -4.05. The number of carboxylic acid groups (broad SMARTS) is 2. The lowest BCUT2D eigenvalue weighted by Crippen LogP contribution is -2.57. The Morgan fingerprint density at radius 2 is 1.46 bits per heavy atom. The summed E-state index contributed by atoms with van der Waals surface area (Å²) in [5, 5.41) is 35.5. The van der Waals surface area contributed by atoms with Crippen molar-refractivity contribution in [2.45, 2.75) is 62.7 Å². The molecule has 1 rings (SSSR count). The van der Waals surface area contributed by atoms with Crippen molar-refractivity contribution in [1.29, 1.82) is 0 Å².